The number of hydrogen-bond donors (Lipinski definition) is 2. The average Bonchev–Trinajstić information content (AvgIpc) is 2.94. The summed E-state index contributed by atoms with van der Waals surface area (Å²) in [5.41, 5.74) is -1.90. The van der Waals surface area contributed by atoms with Crippen LogP contribution in [0.4, 0.5) is 36.4 Å². The summed E-state index contributed by atoms with van der Waals surface area (Å²) < 4.78 is 105. The van der Waals surface area contributed by atoms with Gasteiger partial charge in [0, 0.05) is 25.8 Å². The number of carboxylic acid groups (broad SMARTS) is 1. The van der Waals surface area contributed by atoms with Crippen LogP contribution in [0.25, 0.3) is 10.9 Å². The number of aromatic nitrogens is 1. The Morgan fingerprint density at radius 1 is 1.11 bits per heavy atom. The van der Waals surface area contributed by atoms with E-state index in [0.29, 0.717) is 16.3 Å². The Kier molecular flexibility index (Phi) is 9.26. The lowest BCUT2D eigenvalue weighted by molar-refractivity contribution is -0.274. The number of pyridine rings is 1. The topological polar surface area (TPSA) is 110 Å². The van der Waals surface area contributed by atoms with Crippen molar-refractivity contribution >= 4 is 28.5 Å². The van der Waals surface area contributed by atoms with Gasteiger partial charge in [0.25, 0.3) is 5.91 Å². The molecule has 2 aromatic carbocycles. The predicted octanol–water partition coefficient (Wildman–Crippen LogP) is 5.71. The van der Waals surface area contributed by atoms with Crippen molar-refractivity contribution in [3.8, 4) is 11.5 Å². The molecule has 0 spiro atoms. The van der Waals surface area contributed by atoms with Crippen LogP contribution >= 0.6 is 0 Å². The van der Waals surface area contributed by atoms with Gasteiger partial charge in [-0.1, -0.05) is 6.07 Å². The van der Waals surface area contributed by atoms with Gasteiger partial charge in [0.15, 0.2) is 11.6 Å². The normalized spacial score (nSPS) is 15.2. The molecule has 1 atom stereocenters. The van der Waals surface area contributed by atoms with Crippen LogP contribution in [0.5, 0.6) is 11.5 Å². The number of aryl methyl sites for hydroxylation is 1. The molecule has 244 valence electrons. The molecule has 1 aliphatic rings. The van der Waals surface area contributed by atoms with E-state index in [1.807, 2.05) is 0 Å². The van der Waals surface area contributed by atoms with Gasteiger partial charge < -0.3 is 29.4 Å². The molecule has 1 aromatic heterocycles. The Hall–Kier alpha value is -4.50. The number of halogens is 7. The summed E-state index contributed by atoms with van der Waals surface area (Å²) in [4.78, 5) is 39.5. The number of piperidine rings is 1. The molecular weight excluding hydrogens is 619 g/mol. The first-order chi connectivity index (χ1) is 20.9. The van der Waals surface area contributed by atoms with E-state index in [9.17, 15) is 45.8 Å². The lowest BCUT2D eigenvalue weighted by atomic mass is 9.96. The maximum atomic E-state index is 15.6. The number of nitrogens with one attached hydrogen (secondary N) is 1. The molecule has 0 saturated carbocycles. The van der Waals surface area contributed by atoms with Crippen LogP contribution in [-0.2, 0) is 11.3 Å². The molecule has 4 rings (SSSR count). The molecule has 1 fully saturated rings. The minimum atomic E-state index is -4.92. The lowest BCUT2D eigenvalue weighted by Crippen LogP contribution is -2.37. The zero-order valence-electron chi connectivity index (χ0n) is 24.1. The molecule has 45 heavy (non-hydrogen) atoms. The fourth-order valence-electron chi connectivity index (χ4n) is 5.24. The molecular formula is C29H28F7N3O6. The number of alkyl halides is 6. The Balaban J connectivity index is 1.77. The molecule has 1 aliphatic heterocycles. The van der Waals surface area contributed by atoms with Gasteiger partial charge in [-0.25, -0.2) is 4.39 Å². The van der Waals surface area contributed by atoms with Crippen molar-refractivity contribution in [3.05, 3.63) is 63.2 Å². The molecule has 2 heterocycles. The second-order valence-electron chi connectivity index (χ2n) is 10.6. The van der Waals surface area contributed by atoms with Crippen LogP contribution in [0.1, 0.15) is 47.3 Å². The number of anilines is 1. The number of carboxylic acids is 1. The summed E-state index contributed by atoms with van der Waals surface area (Å²) in [6, 6.07) is 1.72. The molecule has 3 aromatic rings. The first-order valence-electron chi connectivity index (χ1n) is 13.6. The molecule has 0 aliphatic carbocycles. The van der Waals surface area contributed by atoms with Crippen LogP contribution < -0.4 is 25.1 Å². The zero-order chi connectivity index (χ0) is 33.4. The highest BCUT2D eigenvalue weighted by Crippen LogP contribution is 2.42. The Bertz CT molecular complexity index is 1680. The first kappa shape index (κ1) is 33.4. The second-order valence-corrected chi connectivity index (χ2v) is 10.6. The molecule has 9 nitrogen and oxygen atoms in total. The van der Waals surface area contributed by atoms with Crippen molar-refractivity contribution < 1.29 is 54.9 Å². The maximum Gasteiger partial charge on any atom is 0.573 e. The van der Waals surface area contributed by atoms with Crippen molar-refractivity contribution in [3.63, 3.8) is 0 Å². The number of amides is 1. The lowest BCUT2D eigenvalue weighted by Gasteiger charge is -2.34. The second kappa shape index (κ2) is 12.5. The third-order valence-electron chi connectivity index (χ3n) is 7.69. The van der Waals surface area contributed by atoms with E-state index < -0.39 is 75.6 Å². The number of carbonyl (C=O) groups is 2. The van der Waals surface area contributed by atoms with Crippen molar-refractivity contribution in [2.75, 3.05) is 25.1 Å². The molecule has 1 saturated heterocycles. The van der Waals surface area contributed by atoms with Crippen molar-refractivity contribution in [2.45, 2.75) is 51.8 Å². The summed E-state index contributed by atoms with van der Waals surface area (Å²) >= 11 is 0. The van der Waals surface area contributed by atoms with Crippen molar-refractivity contribution in [1.82, 2.24) is 9.88 Å². The number of fused-ring (bicyclic) bond motifs is 1. The number of nitrogens with zero attached hydrogens (tertiary/aromatic N) is 2. The molecule has 2 N–H and O–H groups in total. The van der Waals surface area contributed by atoms with Gasteiger partial charge in [0.1, 0.15) is 23.0 Å². The van der Waals surface area contributed by atoms with Gasteiger partial charge in [0.2, 0.25) is 5.43 Å². The van der Waals surface area contributed by atoms with E-state index in [1.165, 1.54) is 17.9 Å². The first-order valence-corrected chi connectivity index (χ1v) is 13.6. The smallest absolute Gasteiger partial charge is 0.492 e. The average molecular weight is 648 g/mol. The minimum absolute atomic E-state index is 0.0536. The molecule has 1 amide bonds. The Labute approximate surface area is 251 Å². The number of methoxy groups -OCH3 is 1. The van der Waals surface area contributed by atoms with E-state index in [-0.39, 0.29) is 43.7 Å². The third-order valence-corrected chi connectivity index (χ3v) is 7.69. The van der Waals surface area contributed by atoms with Crippen LogP contribution in [0.2, 0.25) is 0 Å². The highest BCUT2D eigenvalue weighted by Gasteiger charge is 2.40. The highest BCUT2D eigenvalue weighted by molar-refractivity contribution is 6.00. The van der Waals surface area contributed by atoms with E-state index >= 15 is 4.39 Å². The summed E-state index contributed by atoms with van der Waals surface area (Å²) in [5, 5.41) is 11.1. The zero-order valence-corrected chi connectivity index (χ0v) is 24.1. The Morgan fingerprint density at radius 2 is 1.76 bits per heavy atom. The SMILES string of the molecule is COc1c(N2CCC(C(=O)O)CC2)c(F)cc2c(=O)c(C(=O)NCc3ccc(OC(F)(F)F)cc3C)cn(C(C)C(F)(F)F)c12. The molecule has 0 radical (unpaired) electrons. The number of ether oxygens (including phenoxy) is 2. The monoisotopic (exact) mass is 647 g/mol. The van der Waals surface area contributed by atoms with Gasteiger partial charge in [-0.3, -0.25) is 14.4 Å². The number of hydrogen-bond acceptors (Lipinski definition) is 6. The third kappa shape index (κ3) is 7.09. The Morgan fingerprint density at radius 3 is 2.29 bits per heavy atom. The van der Waals surface area contributed by atoms with E-state index in [1.54, 1.807) is 0 Å². The molecule has 1 unspecified atom stereocenters. The van der Waals surface area contributed by atoms with Gasteiger partial charge >= 0.3 is 18.5 Å². The summed E-state index contributed by atoms with van der Waals surface area (Å²) in [7, 11) is 1.09. The van der Waals surface area contributed by atoms with E-state index in [4.69, 9.17) is 4.74 Å². The van der Waals surface area contributed by atoms with Gasteiger partial charge in [-0.15, -0.1) is 13.2 Å². The van der Waals surface area contributed by atoms with Gasteiger partial charge in [0.05, 0.1) is 23.9 Å². The fraction of sp³-hybridized carbons (Fsp3) is 0.414. The largest absolute Gasteiger partial charge is 0.573 e. The molecule has 16 heteroatoms. The predicted molar refractivity (Wildman–Crippen MR) is 147 cm³/mol. The number of benzene rings is 2. The van der Waals surface area contributed by atoms with Crippen LogP contribution in [0.15, 0.2) is 35.3 Å². The summed E-state index contributed by atoms with van der Waals surface area (Å²) in [6.07, 6.45) is -8.83. The van der Waals surface area contributed by atoms with Crippen LogP contribution in [-0.4, -0.2) is 54.3 Å². The number of rotatable bonds is 8. The quantitative estimate of drug-likeness (QED) is 0.302. The number of carbonyl (C=O) groups excluding carboxylic acids is 1. The van der Waals surface area contributed by atoms with Crippen molar-refractivity contribution in [1.29, 1.82) is 0 Å². The number of aliphatic carboxylic acids is 1. The fourth-order valence-corrected chi connectivity index (χ4v) is 5.24. The standard InChI is InChI=1S/C29H28F7N3O6/c1-14-10-18(45-29(34,35)36)5-4-17(14)12-37-26(41)20-13-39(15(2)28(31,32)33)22-19(24(20)40)11-21(30)23(25(22)44-3)38-8-6-16(7-9-38)27(42)43/h4-5,10-11,13,15-16H,6-9,12H2,1-3H3,(H,37,41)(H,42,43). The van der Waals surface area contributed by atoms with Crippen molar-refractivity contribution in [2.24, 2.45) is 5.92 Å². The maximum absolute atomic E-state index is 15.6. The van der Waals surface area contributed by atoms with Gasteiger partial charge in [-0.05, 0) is 56.0 Å². The highest BCUT2D eigenvalue weighted by atomic mass is 19.4. The van der Waals surface area contributed by atoms with E-state index in [0.717, 1.165) is 32.2 Å². The summed E-state index contributed by atoms with van der Waals surface area (Å²) in [5.74, 6) is -4.74. The summed E-state index contributed by atoms with van der Waals surface area (Å²) in [6.45, 7) is 2.01. The van der Waals surface area contributed by atoms with Crippen LogP contribution in [0.3, 0.4) is 0 Å². The minimum Gasteiger partial charge on any atom is -0.492 e. The van der Waals surface area contributed by atoms with Crippen LogP contribution in [0, 0.1) is 18.7 Å². The molecule has 0 bridgehead atoms. The van der Waals surface area contributed by atoms with Gasteiger partial charge in [-0.2, -0.15) is 13.2 Å². The van der Waals surface area contributed by atoms with E-state index in [2.05, 4.69) is 10.1 Å².